The molecule has 0 saturated heterocycles. The lowest BCUT2D eigenvalue weighted by Gasteiger charge is -2.20. The Bertz CT molecular complexity index is 3070. The van der Waals surface area contributed by atoms with E-state index in [-0.39, 0.29) is 29.7 Å². The molecule has 1 nitrogen and oxygen atoms in total. The maximum Gasteiger partial charge on any atom is 0.136 e. The summed E-state index contributed by atoms with van der Waals surface area (Å²) < 4.78 is 49.0. The molecule has 0 aliphatic rings. The van der Waals surface area contributed by atoms with Crippen molar-refractivity contribution >= 4 is 54.3 Å². The van der Waals surface area contributed by atoms with Gasteiger partial charge < -0.3 is 4.42 Å². The number of fused-ring (bicyclic) bond motifs is 6. The van der Waals surface area contributed by atoms with Crippen LogP contribution in [0, 0.1) is 0 Å². The highest BCUT2D eigenvalue weighted by Gasteiger charge is 2.19. The Morgan fingerprint density at radius 1 is 0.367 bits per heavy atom. The maximum atomic E-state index is 8.81. The SMILES string of the molecule is [2H]c1c([2H])c([2H])c(-c2ccccc2-c2c3ccccc3c(-c3ccc(-c4cccc5oc6cc7ccccc7cc6c45)cc3)c3ccccc23)c([2H])c1[2H]. The van der Waals surface area contributed by atoms with Crippen LogP contribution in [0.4, 0.5) is 0 Å². The predicted molar refractivity (Wildman–Crippen MR) is 208 cm³/mol. The molecule has 0 amide bonds. The normalized spacial score (nSPS) is 13.1. The van der Waals surface area contributed by atoms with Crippen LogP contribution in [0.2, 0.25) is 0 Å². The molecule has 0 bridgehead atoms. The van der Waals surface area contributed by atoms with Crippen LogP contribution in [0.1, 0.15) is 6.85 Å². The van der Waals surface area contributed by atoms with E-state index >= 15 is 0 Å². The second kappa shape index (κ2) is 11.1. The zero-order chi connectivity index (χ0) is 36.7. The molecular weight excluding hydrogens is 593 g/mol. The number of hydrogen-bond acceptors (Lipinski definition) is 1. The van der Waals surface area contributed by atoms with Crippen LogP contribution in [0.5, 0.6) is 0 Å². The van der Waals surface area contributed by atoms with Crippen molar-refractivity contribution in [3.05, 3.63) is 182 Å². The third-order valence-electron chi connectivity index (χ3n) is 9.75. The summed E-state index contributed by atoms with van der Waals surface area (Å²) >= 11 is 0. The number of hydrogen-bond donors (Lipinski definition) is 0. The predicted octanol–water partition coefficient (Wildman–Crippen LogP) is 13.7. The Morgan fingerprint density at radius 2 is 0.918 bits per heavy atom. The largest absolute Gasteiger partial charge is 0.456 e. The molecule has 1 heterocycles. The average Bonchev–Trinajstić information content (AvgIpc) is 3.58. The first kappa shape index (κ1) is 23.0. The van der Waals surface area contributed by atoms with E-state index in [0.717, 1.165) is 82.3 Å². The second-order valence-electron chi connectivity index (χ2n) is 12.4. The van der Waals surface area contributed by atoms with E-state index in [1.807, 2.05) is 48.5 Å². The zero-order valence-electron chi connectivity index (χ0n) is 31.3. The van der Waals surface area contributed by atoms with Gasteiger partial charge in [-0.1, -0.05) is 164 Å². The summed E-state index contributed by atoms with van der Waals surface area (Å²) in [5.74, 6) is 0. The Morgan fingerprint density at radius 3 is 1.61 bits per heavy atom. The molecule has 0 aliphatic carbocycles. The summed E-state index contributed by atoms with van der Waals surface area (Å²) in [7, 11) is 0. The van der Waals surface area contributed by atoms with Gasteiger partial charge in [0.05, 0.1) is 6.85 Å². The van der Waals surface area contributed by atoms with Crippen molar-refractivity contribution in [1.29, 1.82) is 0 Å². The first-order valence-electron chi connectivity index (χ1n) is 18.9. The number of furan rings is 1. The molecule has 1 aromatic heterocycles. The van der Waals surface area contributed by atoms with E-state index in [2.05, 4.69) is 103 Å². The Kier molecular flexibility index (Phi) is 5.20. The summed E-state index contributed by atoms with van der Waals surface area (Å²) in [6.45, 7) is 0. The van der Waals surface area contributed by atoms with Gasteiger partial charge in [-0.25, -0.2) is 0 Å². The molecule has 9 aromatic carbocycles. The first-order valence-corrected chi connectivity index (χ1v) is 16.4. The van der Waals surface area contributed by atoms with Gasteiger partial charge >= 0.3 is 0 Å². The van der Waals surface area contributed by atoms with Crippen molar-refractivity contribution in [3.63, 3.8) is 0 Å². The standard InChI is InChI=1S/C48H30O/c1-2-13-31(14-3-1)36-17-6-7-18-38(36)47-41-21-10-8-19-39(41)46(40-20-9-11-22-42(40)47)33-27-25-32(26-28-33)37-23-12-24-44-48(37)43-29-34-15-4-5-16-35(34)30-45(43)49-44/h1-30H/i1D,2D,3D,13D,14D. The molecule has 0 fully saturated rings. The van der Waals surface area contributed by atoms with E-state index in [9.17, 15) is 0 Å². The molecule has 0 saturated carbocycles. The van der Waals surface area contributed by atoms with Gasteiger partial charge in [0.2, 0.25) is 0 Å². The lowest BCUT2D eigenvalue weighted by Crippen LogP contribution is -1.92. The second-order valence-corrected chi connectivity index (χ2v) is 12.4. The summed E-state index contributed by atoms with van der Waals surface area (Å²) in [5.41, 5.74) is 8.67. The minimum atomic E-state index is -0.402. The smallest absolute Gasteiger partial charge is 0.136 e. The minimum absolute atomic E-state index is 0.193. The molecule has 228 valence electrons. The third kappa shape index (κ3) is 4.40. The molecule has 10 aromatic rings. The lowest BCUT2D eigenvalue weighted by atomic mass is 9.83. The van der Waals surface area contributed by atoms with Crippen LogP contribution in [-0.4, -0.2) is 0 Å². The first-order chi connectivity index (χ1) is 26.4. The van der Waals surface area contributed by atoms with Gasteiger partial charge in [-0.05, 0) is 95.0 Å². The number of rotatable bonds is 4. The van der Waals surface area contributed by atoms with E-state index in [1.165, 1.54) is 5.39 Å². The summed E-state index contributed by atoms with van der Waals surface area (Å²) in [4.78, 5) is 0. The summed E-state index contributed by atoms with van der Waals surface area (Å²) in [6, 6.07) is 50.5. The lowest BCUT2D eigenvalue weighted by molar-refractivity contribution is 0.669. The molecule has 0 unspecified atom stereocenters. The van der Waals surface area contributed by atoms with E-state index in [1.54, 1.807) is 0 Å². The van der Waals surface area contributed by atoms with Crippen molar-refractivity contribution in [2.75, 3.05) is 0 Å². The Labute approximate surface area is 291 Å². The highest BCUT2D eigenvalue weighted by atomic mass is 16.3. The van der Waals surface area contributed by atoms with Crippen molar-refractivity contribution in [2.45, 2.75) is 0 Å². The fourth-order valence-corrected chi connectivity index (χ4v) is 7.60. The van der Waals surface area contributed by atoms with Crippen molar-refractivity contribution in [2.24, 2.45) is 0 Å². The molecule has 0 atom stereocenters. The van der Waals surface area contributed by atoms with Crippen molar-refractivity contribution in [1.82, 2.24) is 0 Å². The minimum Gasteiger partial charge on any atom is -0.456 e. The highest BCUT2D eigenvalue weighted by Crippen LogP contribution is 2.46. The van der Waals surface area contributed by atoms with Crippen molar-refractivity contribution in [3.8, 4) is 44.5 Å². The van der Waals surface area contributed by atoms with Crippen LogP contribution in [0.3, 0.4) is 0 Å². The van der Waals surface area contributed by atoms with Crippen molar-refractivity contribution < 1.29 is 11.3 Å². The summed E-state index contributed by atoms with van der Waals surface area (Å²) in [5, 5.41) is 8.67. The van der Waals surface area contributed by atoms with Crippen LogP contribution in [0.25, 0.3) is 98.8 Å². The Hall–Kier alpha value is -6.44. The topological polar surface area (TPSA) is 13.1 Å². The van der Waals surface area contributed by atoms with Gasteiger partial charge in [0.1, 0.15) is 11.2 Å². The highest BCUT2D eigenvalue weighted by molar-refractivity contribution is 6.22. The molecule has 0 radical (unpaired) electrons. The van der Waals surface area contributed by atoms with Crippen LogP contribution < -0.4 is 0 Å². The maximum absolute atomic E-state index is 8.81. The van der Waals surface area contributed by atoms with E-state index in [0.29, 0.717) is 5.56 Å². The summed E-state index contributed by atoms with van der Waals surface area (Å²) in [6.07, 6.45) is 0. The quantitative estimate of drug-likeness (QED) is 0.177. The van der Waals surface area contributed by atoms with Gasteiger partial charge in [0.15, 0.2) is 0 Å². The van der Waals surface area contributed by atoms with E-state index < -0.39 is 6.04 Å². The molecule has 0 spiro atoms. The molecule has 0 aliphatic heterocycles. The van der Waals surface area contributed by atoms with Crippen LogP contribution >= 0.6 is 0 Å². The fraction of sp³-hybridized carbons (Fsp3) is 0. The molecule has 1 heteroatoms. The van der Waals surface area contributed by atoms with Gasteiger partial charge in [0, 0.05) is 10.8 Å². The van der Waals surface area contributed by atoms with Crippen LogP contribution in [0.15, 0.2) is 186 Å². The Balaban J connectivity index is 1.18. The zero-order valence-corrected chi connectivity index (χ0v) is 26.3. The van der Waals surface area contributed by atoms with Gasteiger partial charge in [-0.15, -0.1) is 0 Å². The molecule has 0 N–H and O–H groups in total. The molecular formula is C48H30O. The van der Waals surface area contributed by atoms with E-state index in [4.69, 9.17) is 11.3 Å². The molecule has 10 rings (SSSR count). The van der Waals surface area contributed by atoms with Gasteiger partial charge in [0.25, 0.3) is 0 Å². The van der Waals surface area contributed by atoms with Gasteiger partial charge in [-0.3, -0.25) is 0 Å². The average molecular weight is 628 g/mol. The van der Waals surface area contributed by atoms with Crippen LogP contribution in [-0.2, 0) is 0 Å². The number of benzene rings is 9. The third-order valence-corrected chi connectivity index (χ3v) is 9.75. The van der Waals surface area contributed by atoms with Gasteiger partial charge in [-0.2, -0.15) is 0 Å². The fourth-order valence-electron chi connectivity index (χ4n) is 7.60. The monoisotopic (exact) mass is 627 g/mol. The molecule has 49 heavy (non-hydrogen) atoms.